The number of carbonyl (C=O) groups is 1. The highest BCUT2D eigenvalue weighted by atomic mass is 127. The van der Waals surface area contributed by atoms with E-state index in [1.807, 2.05) is 0 Å². The second-order valence-corrected chi connectivity index (χ2v) is 6.84. The Labute approximate surface area is 151 Å². The summed E-state index contributed by atoms with van der Waals surface area (Å²) in [5.74, 6) is -1.14. The average Bonchev–Trinajstić information content (AvgIpc) is 2.98. The van der Waals surface area contributed by atoms with Gasteiger partial charge in [0.1, 0.15) is 12.3 Å². The second-order valence-electron chi connectivity index (χ2n) is 4.67. The number of benzene rings is 1. The Kier molecular flexibility index (Phi) is 4.71. The van der Waals surface area contributed by atoms with Crippen LogP contribution in [0.25, 0.3) is 10.8 Å². The smallest absolute Gasteiger partial charge is 0.314 e. The van der Waals surface area contributed by atoms with E-state index in [9.17, 15) is 14.4 Å². The monoisotopic (exact) mass is 460 g/mol. The van der Waals surface area contributed by atoms with Crippen LogP contribution < -0.4 is 11.1 Å². The minimum atomic E-state index is -1.01. The lowest BCUT2D eigenvalue weighted by atomic mass is 10.2. The Balaban J connectivity index is 1.93. The molecule has 0 aliphatic carbocycles. The van der Waals surface area contributed by atoms with Crippen molar-refractivity contribution in [3.05, 3.63) is 48.4 Å². The highest BCUT2D eigenvalue weighted by Crippen LogP contribution is 2.16. The van der Waals surface area contributed by atoms with Crippen molar-refractivity contribution >= 4 is 51.1 Å². The molecule has 11 heteroatoms. The van der Waals surface area contributed by atoms with Gasteiger partial charge in [0.25, 0.3) is 16.3 Å². The lowest BCUT2D eigenvalue weighted by Crippen LogP contribution is -2.30. The molecule has 0 atom stereocenters. The first-order valence-electron chi connectivity index (χ1n) is 6.53. The number of nitrogens with zero attached hydrogens (tertiary/aromatic N) is 3. The number of hydrogen-bond acceptors (Lipinski definition) is 7. The van der Waals surface area contributed by atoms with Crippen LogP contribution in [0, 0.1) is 3.57 Å². The molecule has 0 radical (unpaired) electrons. The maximum absolute atomic E-state index is 12.5. The minimum absolute atomic E-state index is 0.0816. The highest BCUT2D eigenvalue weighted by molar-refractivity contribution is 14.1. The highest BCUT2D eigenvalue weighted by Gasteiger charge is 2.13. The van der Waals surface area contributed by atoms with Crippen LogP contribution in [-0.2, 0) is 11.3 Å². The molecule has 0 saturated heterocycles. The van der Waals surface area contributed by atoms with E-state index in [0.717, 1.165) is 20.0 Å². The Hall–Kier alpha value is -2.15. The van der Waals surface area contributed by atoms with Crippen molar-refractivity contribution in [2.75, 3.05) is 5.75 Å². The maximum Gasteiger partial charge on any atom is 0.314 e. The lowest BCUT2D eigenvalue weighted by Gasteiger charge is -2.04. The van der Waals surface area contributed by atoms with Gasteiger partial charge >= 0.3 is 5.97 Å². The van der Waals surface area contributed by atoms with Gasteiger partial charge < -0.3 is 9.52 Å². The van der Waals surface area contributed by atoms with Crippen LogP contribution in [0.15, 0.2) is 37.4 Å². The fraction of sp³-hybridized carbons (Fsp3) is 0.154. The molecule has 0 fully saturated rings. The molecule has 0 aliphatic rings. The fourth-order valence-electron chi connectivity index (χ4n) is 2.00. The van der Waals surface area contributed by atoms with E-state index >= 15 is 0 Å². The van der Waals surface area contributed by atoms with E-state index in [1.54, 1.807) is 18.2 Å². The van der Waals surface area contributed by atoms with Crippen LogP contribution >= 0.6 is 34.4 Å². The van der Waals surface area contributed by atoms with Crippen LogP contribution in [0.1, 0.15) is 5.89 Å². The van der Waals surface area contributed by atoms with Crippen molar-refractivity contribution < 1.29 is 14.3 Å². The van der Waals surface area contributed by atoms with Gasteiger partial charge in [-0.25, -0.2) is 4.68 Å². The van der Waals surface area contributed by atoms with E-state index in [2.05, 4.69) is 37.9 Å². The molecule has 0 spiro atoms. The number of aromatic amines is 1. The third-order valence-electron chi connectivity index (χ3n) is 3.00. The Bertz CT molecular complexity index is 1040. The van der Waals surface area contributed by atoms with Crippen molar-refractivity contribution in [3.8, 4) is 0 Å². The van der Waals surface area contributed by atoms with Crippen LogP contribution in [0.3, 0.4) is 0 Å². The van der Waals surface area contributed by atoms with E-state index in [0.29, 0.717) is 10.8 Å². The van der Waals surface area contributed by atoms with Gasteiger partial charge in [0, 0.05) is 3.57 Å². The minimum Gasteiger partial charge on any atom is -0.481 e. The number of carboxylic acid groups (broad SMARTS) is 1. The maximum atomic E-state index is 12.5. The summed E-state index contributed by atoms with van der Waals surface area (Å²) in [5, 5.41) is 19.2. The number of nitrogens with one attached hydrogen (secondary N) is 1. The van der Waals surface area contributed by atoms with Crippen LogP contribution in [0.2, 0.25) is 0 Å². The van der Waals surface area contributed by atoms with Crippen LogP contribution in [0.4, 0.5) is 0 Å². The summed E-state index contributed by atoms with van der Waals surface area (Å²) < 4.78 is 7.18. The Morgan fingerprint density at radius 1 is 1.33 bits per heavy atom. The van der Waals surface area contributed by atoms with Crippen molar-refractivity contribution in [1.29, 1.82) is 0 Å². The van der Waals surface area contributed by atoms with Crippen molar-refractivity contribution in [2.24, 2.45) is 0 Å². The summed E-state index contributed by atoms with van der Waals surface area (Å²) in [6.45, 7) is -0.115. The fourth-order valence-corrected chi connectivity index (χ4v) is 2.99. The van der Waals surface area contributed by atoms with Gasteiger partial charge in [-0.3, -0.25) is 19.5 Å². The molecule has 0 unspecified atom stereocenters. The van der Waals surface area contributed by atoms with Crippen LogP contribution in [-0.4, -0.2) is 36.8 Å². The quantitative estimate of drug-likeness (QED) is 0.424. The first-order chi connectivity index (χ1) is 11.4. The topological polar surface area (TPSA) is 131 Å². The molecule has 124 valence electrons. The van der Waals surface area contributed by atoms with E-state index in [4.69, 9.17) is 9.52 Å². The summed E-state index contributed by atoms with van der Waals surface area (Å²) >= 11 is 2.93. The van der Waals surface area contributed by atoms with Crippen molar-refractivity contribution in [2.45, 2.75) is 11.8 Å². The molecule has 2 N–H and O–H groups in total. The van der Waals surface area contributed by atoms with Gasteiger partial charge in [-0.05, 0) is 40.8 Å². The van der Waals surface area contributed by atoms with Gasteiger partial charge in [0.05, 0.1) is 10.8 Å². The average molecular weight is 460 g/mol. The molecule has 24 heavy (non-hydrogen) atoms. The van der Waals surface area contributed by atoms with E-state index in [1.165, 1.54) is 0 Å². The predicted octanol–water partition coefficient (Wildman–Crippen LogP) is 0.902. The first-order valence-corrected chi connectivity index (χ1v) is 8.60. The number of aliphatic carboxylic acids is 1. The number of aromatic nitrogens is 4. The predicted molar refractivity (Wildman–Crippen MR) is 93.3 cm³/mol. The zero-order valence-electron chi connectivity index (χ0n) is 11.9. The van der Waals surface area contributed by atoms with Gasteiger partial charge in [-0.1, -0.05) is 11.8 Å². The number of thioether (sulfide) groups is 1. The van der Waals surface area contributed by atoms with Crippen molar-refractivity contribution in [1.82, 2.24) is 20.0 Å². The van der Waals surface area contributed by atoms with Gasteiger partial charge in [-0.15, -0.1) is 10.2 Å². The SMILES string of the molecule is O=C(O)CSc1nnc(Cn2[nH]c(=O)c3ccc(I)cc3c2=O)o1. The molecule has 3 aromatic rings. The zero-order chi connectivity index (χ0) is 17.3. The Morgan fingerprint density at radius 3 is 2.88 bits per heavy atom. The molecule has 3 rings (SSSR count). The molecule has 0 amide bonds. The lowest BCUT2D eigenvalue weighted by molar-refractivity contribution is -0.133. The summed E-state index contributed by atoms with van der Waals surface area (Å²) in [4.78, 5) is 35.1. The largest absolute Gasteiger partial charge is 0.481 e. The first kappa shape index (κ1) is 16.7. The summed E-state index contributed by atoms with van der Waals surface area (Å²) in [5.41, 5.74) is -0.790. The summed E-state index contributed by atoms with van der Waals surface area (Å²) in [7, 11) is 0. The summed E-state index contributed by atoms with van der Waals surface area (Å²) in [6.07, 6.45) is 0. The van der Waals surface area contributed by atoms with E-state index in [-0.39, 0.29) is 29.0 Å². The summed E-state index contributed by atoms with van der Waals surface area (Å²) in [6, 6.07) is 4.97. The number of hydrogen-bond donors (Lipinski definition) is 2. The molecule has 1 aromatic carbocycles. The van der Waals surface area contributed by atoms with Gasteiger partial charge in [0.15, 0.2) is 0 Å². The zero-order valence-corrected chi connectivity index (χ0v) is 14.8. The number of carboxylic acids is 1. The molecule has 0 saturated carbocycles. The number of rotatable bonds is 5. The van der Waals surface area contributed by atoms with Crippen molar-refractivity contribution in [3.63, 3.8) is 0 Å². The Morgan fingerprint density at radius 2 is 2.12 bits per heavy atom. The third kappa shape index (κ3) is 3.51. The molecule has 9 nitrogen and oxygen atoms in total. The van der Waals surface area contributed by atoms with Crippen LogP contribution in [0.5, 0.6) is 0 Å². The molecular weight excluding hydrogens is 451 g/mol. The second kappa shape index (κ2) is 6.76. The third-order valence-corrected chi connectivity index (χ3v) is 4.47. The normalized spacial score (nSPS) is 11.0. The molecular formula is C13H9IN4O5S. The molecule has 0 bridgehead atoms. The number of H-pyrrole nitrogens is 1. The van der Waals surface area contributed by atoms with E-state index < -0.39 is 11.5 Å². The standard InChI is InChI=1S/C13H9IN4O5S/c14-6-1-2-7-8(3-6)12(22)18(17-11(7)21)4-9-15-16-13(23-9)24-5-10(19)20/h1-3H,4-5H2,(H,17,21)(H,19,20). The molecule has 2 heterocycles. The van der Waals surface area contributed by atoms with Gasteiger partial charge in [0.2, 0.25) is 5.89 Å². The number of fused-ring (bicyclic) bond motifs is 1. The van der Waals surface area contributed by atoms with Gasteiger partial charge in [-0.2, -0.15) is 0 Å². The molecule has 2 aromatic heterocycles. The molecule has 0 aliphatic heterocycles. The number of halogens is 1.